The van der Waals surface area contributed by atoms with E-state index in [1.54, 1.807) is 0 Å². The van der Waals surface area contributed by atoms with Crippen LogP contribution in [0.3, 0.4) is 0 Å². The van der Waals surface area contributed by atoms with E-state index in [-0.39, 0.29) is 11.9 Å². The molecule has 122 valence electrons. The minimum Gasteiger partial charge on any atom is -0.338 e. The molecular formula is C18H24N4O. The predicted octanol–water partition coefficient (Wildman–Crippen LogP) is 2.21. The zero-order valence-corrected chi connectivity index (χ0v) is 13.8. The highest BCUT2D eigenvalue weighted by atomic mass is 16.2. The molecule has 1 aromatic heterocycles. The minimum absolute atomic E-state index is 0.160. The topological polar surface area (TPSA) is 50.2 Å². The molecule has 23 heavy (non-hydrogen) atoms. The Balaban J connectivity index is 1.65. The number of likely N-dealkylation sites (tertiary alicyclic amines) is 1. The predicted molar refractivity (Wildman–Crippen MR) is 89.7 cm³/mol. The molecule has 1 aromatic carbocycles. The van der Waals surface area contributed by atoms with Gasteiger partial charge in [-0.05, 0) is 18.6 Å². The van der Waals surface area contributed by atoms with E-state index in [4.69, 9.17) is 0 Å². The Morgan fingerprint density at radius 1 is 1.26 bits per heavy atom. The first-order valence-electron chi connectivity index (χ1n) is 8.22. The number of rotatable bonds is 6. The van der Waals surface area contributed by atoms with Crippen molar-refractivity contribution >= 4 is 5.91 Å². The lowest BCUT2D eigenvalue weighted by molar-refractivity contribution is -0.127. The van der Waals surface area contributed by atoms with Gasteiger partial charge >= 0.3 is 0 Å². The first-order chi connectivity index (χ1) is 11.2. The van der Waals surface area contributed by atoms with Crippen molar-refractivity contribution in [1.29, 1.82) is 0 Å². The highest BCUT2D eigenvalue weighted by Gasteiger charge is 2.37. The van der Waals surface area contributed by atoms with Crippen LogP contribution in [0.15, 0.2) is 42.6 Å². The van der Waals surface area contributed by atoms with Crippen molar-refractivity contribution in [2.45, 2.75) is 32.5 Å². The fourth-order valence-corrected chi connectivity index (χ4v) is 3.46. The number of nitrogens with zero attached hydrogens (tertiary/aromatic N) is 3. The van der Waals surface area contributed by atoms with Gasteiger partial charge in [0.05, 0.1) is 11.7 Å². The number of nitrogens with one attached hydrogen (secondary N) is 1. The molecule has 0 radical (unpaired) electrons. The van der Waals surface area contributed by atoms with Crippen molar-refractivity contribution in [3.8, 4) is 0 Å². The van der Waals surface area contributed by atoms with Crippen molar-refractivity contribution < 1.29 is 4.79 Å². The summed E-state index contributed by atoms with van der Waals surface area (Å²) in [5, 5.41) is 7.79. The third kappa shape index (κ3) is 3.29. The van der Waals surface area contributed by atoms with Gasteiger partial charge in [0.15, 0.2) is 0 Å². The first-order valence-corrected chi connectivity index (χ1v) is 8.22. The zero-order valence-electron chi connectivity index (χ0n) is 13.8. The second kappa shape index (κ2) is 6.96. The van der Waals surface area contributed by atoms with Crippen LogP contribution >= 0.6 is 0 Å². The normalized spacial score (nSPS) is 21.1. The van der Waals surface area contributed by atoms with Crippen LogP contribution in [0.4, 0.5) is 0 Å². The van der Waals surface area contributed by atoms with E-state index in [9.17, 15) is 4.79 Å². The van der Waals surface area contributed by atoms with Gasteiger partial charge < -0.3 is 10.2 Å². The SMILES string of the molecule is CCn1nccc1CNCC1CC(=O)N(C)C1c1ccccc1. The summed E-state index contributed by atoms with van der Waals surface area (Å²) in [5.74, 6) is 0.525. The first kappa shape index (κ1) is 15.7. The van der Waals surface area contributed by atoms with Gasteiger partial charge in [-0.2, -0.15) is 5.10 Å². The molecule has 2 atom stereocenters. The van der Waals surface area contributed by atoms with Crippen molar-refractivity contribution in [1.82, 2.24) is 20.0 Å². The average Bonchev–Trinajstić information content (AvgIpc) is 3.13. The summed E-state index contributed by atoms with van der Waals surface area (Å²) in [6.07, 6.45) is 2.44. The molecule has 0 bridgehead atoms. The number of carbonyl (C=O) groups excluding carboxylic acids is 1. The second-order valence-electron chi connectivity index (χ2n) is 6.09. The lowest BCUT2D eigenvalue weighted by atomic mass is 9.93. The maximum atomic E-state index is 12.1. The largest absolute Gasteiger partial charge is 0.338 e. The Bertz CT molecular complexity index is 652. The molecule has 5 heteroatoms. The number of hydrogen-bond acceptors (Lipinski definition) is 3. The molecule has 0 saturated carbocycles. The van der Waals surface area contributed by atoms with E-state index in [2.05, 4.69) is 29.5 Å². The van der Waals surface area contributed by atoms with Crippen LogP contribution in [0.1, 0.15) is 30.6 Å². The van der Waals surface area contributed by atoms with Crippen LogP contribution in [-0.4, -0.2) is 34.2 Å². The lowest BCUT2D eigenvalue weighted by Crippen LogP contribution is -2.29. The van der Waals surface area contributed by atoms with Crippen LogP contribution in [0.25, 0.3) is 0 Å². The van der Waals surface area contributed by atoms with E-state index >= 15 is 0 Å². The molecular weight excluding hydrogens is 288 g/mol. The van der Waals surface area contributed by atoms with E-state index < -0.39 is 0 Å². The molecule has 1 aliphatic rings. The van der Waals surface area contributed by atoms with Gasteiger partial charge in [0.1, 0.15) is 0 Å². The summed E-state index contributed by atoms with van der Waals surface area (Å²) in [4.78, 5) is 14.0. The molecule has 5 nitrogen and oxygen atoms in total. The maximum absolute atomic E-state index is 12.1. The molecule has 0 spiro atoms. The molecule has 0 aliphatic carbocycles. The van der Waals surface area contributed by atoms with Gasteiger partial charge in [0.2, 0.25) is 5.91 Å². The highest BCUT2D eigenvalue weighted by Crippen LogP contribution is 2.36. The van der Waals surface area contributed by atoms with Gasteiger partial charge in [0.25, 0.3) is 0 Å². The van der Waals surface area contributed by atoms with Gasteiger partial charge in [-0.1, -0.05) is 30.3 Å². The molecule has 1 saturated heterocycles. The Hall–Kier alpha value is -2.14. The molecule has 1 aliphatic heterocycles. The van der Waals surface area contributed by atoms with Crippen molar-refractivity contribution in [2.75, 3.05) is 13.6 Å². The van der Waals surface area contributed by atoms with E-state index in [1.165, 1.54) is 11.3 Å². The minimum atomic E-state index is 0.160. The fourth-order valence-electron chi connectivity index (χ4n) is 3.46. The van der Waals surface area contributed by atoms with Gasteiger partial charge in [-0.25, -0.2) is 0 Å². The maximum Gasteiger partial charge on any atom is 0.223 e. The molecule has 1 N–H and O–H groups in total. The van der Waals surface area contributed by atoms with Crippen LogP contribution in [0, 0.1) is 5.92 Å². The van der Waals surface area contributed by atoms with Crippen LogP contribution in [0.5, 0.6) is 0 Å². The van der Waals surface area contributed by atoms with Crippen LogP contribution in [0.2, 0.25) is 0 Å². The summed E-state index contributed by atoms with van der Waals surface area (Å²) < 4.78 is 1.99. The monoisotopic (exact) mass is 312 g/mol. The van der Waals surface area contributed by atoms with Crippen molar-refractivity contribution in [2.24, 2.45) is 5.92 Å². The van der Waals surface area contributed by atoms with Crippen LogP contribution < -0.4 is 5.32 Å². The number of benzene rings is 1. The quantitative estimate of drug-likeness (QED) is 0.890. The number of carbonyl (C=O) groups is 1. The number of aromatic nitrogens is 2. The van der Waals surface area contributed by atoms with Gasteiger partial charge in [0, 0.05) is 45.2 Å². The Labute approximate surface area is 137 Å². The number of hydrogen-bond donors (Lipinski definition) is 1. The van der Waals surface area contributed by atoms with E-state index in [0.717, 1.165) is 19.6 Å². The third-order valence-electron chi connectivity index (χ3n) is 4.65. The standard InChI is InChI=1S/C18H24N4O/c1-3-22-16(9-10-20-22)13-19-12-15-11-17(23)21(2)18(15)14-7-5-4-6-8-14/h4-10,15,18-19H,3,11-13H2,1-2H3. The lowest BCUT2D eigenvalue weighted by Gasteiger charge is -2.25. The smallest absolute Gasteiger partial charge is 0.223 e. The van der Waals surface area contributed by atoms with Crippen molar-refractivity contribution in [3.63, 3.8) is 0 Å². The second-order valence-corrected chi connectivity index (χ2v) is 6.09. The summed E-state index contributed by atoms with van der Waals surface area (Å²) >= 11 is 0. The molecule has 1 fully saturated rings. The van der Waals surface area contributed by atoms with E-state index in [0.29, 0.717) is 12.3 Å². The van der Waals surface area contributed by atoms with Gasteiger partial charge in [-0.3, -0.25) is 9.48 Å². The Kier molecular flexibility index (Phi) is 4.76. The highest BCUT2D eigenvalue weighted by molar-refractivity contribution is 5.79. The third-order valence-corrected chi connectivity index (χ3v) is 4.65. The summed E-state index contributed by atoms with van der Waals surface area (Å²) in [5.41, 5.74) is 2.40. The van der Waals surface area contributed by atoms with Crippen LogP contribution in [-0.2, 0) is 17.9 Å². The molecule has 2 heterocycles. The molecule has 2 unspecified atom stereocenters. The number of aryl methyl sites for hydroxylation is 1. The molecule has 2 aromatic rings. The Morgan fingerprint density at radius 2 is 2.04 bits per heavy atom. The van der Waals surface area contributed by atoms with Crippen molar-refractivity contribution in [3.05, 3.63) is 53.9 Å². The van der Waals surface area contributed by atoms with E-state index in [1.807, 2.05) is 47.1 Å². The number of amides is 1. The molecule has 3 rings (SSSR count). The average molecular weight is 312 g/mol. The summed E-state index contributed by atoms with van der Waals surface area (Å²) in [6.45, 7) is 4.57. The summed E-state index contributed by atoms with van der Waals surface area (Å²) in [7, 11) is 1.91. The summed E-state index contributed by atoms with van der Waals surface area (Å²) in [6, 6.07) is 12.5. The fraction of sp³-hybridized carbons (Fsp3) is 0.444. The van der Waals surface area contributed by atoms with Gasteiger partial charge in [-0.15, -0.1) is 0 Å². The zero-order chi connectivity index (χ0) is 16.2. The molecule has 1 amide bonds. The Morgan fingerprint density at radius 3 is 2.78 bits per heavy atom.